The average Bonchev–Trinajstić information content (AvgIpc) is 2.69. The van der Waals surface area contributed by atoms with Crippen LogP contribution in [0.4, 0.5) is 10.1 Å². The van der Waals surface area contributed by atoms with Crippen molar-refractivity contribution in [2.75, 3.05) is 44.3 Å². The molecule has 6 nitrogen and oxygen atoms in total. The molecule has 2 fully saturated rings. The fraction of sp³-hybridized carbons (Fsp3) is 0.600. The smallest absolute Gasteiger partial charge is 0.248 e. The molecule has 0 aromatic heterocycles. The van der Waals surface area contributed by atoms with Gasteiger partial charge >= 0.3 is 0 Å². The maximum Gasteiger partial charge on any atom is 0.248 e. The van der Waals surface area contributed by atoms with Gasteiger partial charge in [0.25, 0.3) is 0 Å². The molecule has 3 rings (SSSR count). The molecule has 2 amide bonds. The molecule has 1 aliphatic carbocycles. The summed E-state index contributed by atoms with van der Waals surface area (Å²) in [6, 6.07) is 6.92. The van der Waals surface area contributed by atoms with Crippen molar-refractivity contribution in [1.29, 1.82) is 0 Å². The zero-order valence-corrected chi connectivity index (χ0v) is 15.7. The van der Waals surface area contributed by atoms with E-state index in [0.29, 0.717) is 31.9 Å². The van der Waals surface area contributed by atoms with E-state index in [1.54, 1.807) is 17.0 Å². The monoisotopic (exact) mass is 377 g/mol. The normalized spacial score (nSPS) is 18.4. The van der Waals surface area contributed by atoms with Gasteiger partial charge in [-0.3, -0.25) is 9.59 Å². The van der Waals surface area contributed by atoms with E-state index in [1.165, 1.54) is 12.5 Å². The lowest BCUT2D eigenvalue weighted by atomic mass is 9.95. The lowest BCUT2D eigenvalue weighted by Gasteiger charge is -2.36. The van der Waals surface area contributed by atoms with Crippen molar-refractivity contribution in [1.82, 2.24) is 10.2 Å². The molecule has 148 valence electrons. The van der Waals surface area contributed by atoms with Crippen molar-refractivity contribution in [2.24, 2.45) is 0 Å². The summed E-state index contributed by atoms with van der Waals surface area (Å²) in [4.78, 5) is 27.8. The molecule has 1 aromatic rings. The number of para-hydroxylation sites is 1. The number of halogens is 1. The third-order valence-corrected chi connectivity index (χ3v) is 5.25. The fourth-order valence-electron chi connectivity index (χ4n) is 3.74. The number of carbonyl (C=O) groups excluding carboxylic acids is 2. The topological polar surface area (TPSA) is 61.9 Å². The summed E-state index contributed by atoms with van der Waals surface area (Å²) < 4.78 is 19.2. The van der Waals surface area contributed by atoms with E-state index in [4.69, 9.17) is 4.74 Å². The third kappa shape index (κ3) is 5.66. The van der Waals surface area contributed by atoms with Gasteiger partial charge < -0.3 is 19.9 Å². The first kappa shape index (κ1) is 19.6. The van der Waals surface area contributed by atoms with Gasteiger partial charge in [-0.05, 0) is 25.0 Å². The second kappa shape index (κ2) is 9.69. The summed E-state index contributed by atoms with van der Waals surface area (Å²) in [5.41, 5.74) is 0.570. The van der Waals surface area contributed by atoms with Gasteiger partial charge in [-0.2, -0.15) is 0 Å². The molecule has 1 aliphatic heterocycles. The molecule has 1 heterocycles. The van der Waals surface area contributed by atoms with Crippen LogP contribution in [0.25, 0.3) is 0 Å². The SMILES string of the molecule is O=C(COCC(=O)N1CCN(c2ccccc2F)CC1)NC1CCCCC1. The number of benzene rings is 1. The molecule has 2 aliphatic rings. The molecule has 1 saturated carbocycles. The van der Waals surface area contributed by atoms with Crippen LogP contribution in [0.5, 0.6) is 0 Å². The summed E-state index contributed by atoms with van der Waals surface area (Å²) in [6.07, 6.45) is 5.60. The Balaban J connectivity index is 1.34. The maximum absolute atomic E-state index is 13.9. The molecular weight excluding hydrogens is 349 g/mol. The number of hydrogen-bond donors (Lipinski definition) is 1. The number of nitrogens with zero attached hydrogens (tertiary/aromatic N) is 2. The molecule has 0 unspecified atom stereocenters. The number of ether oxygens (including phenoxy) is 1. The van der Waals surface area contributed by atoms with Crippen LogP contribution < -0.4 is 10.2 Å². The van der Waals surface area contributed by atoms with Crippen molar-refractivity contribution in [3.05, 3.63) is 30.1 Å². The Bertz CT molecular complexity index is 641. The summed E-state index contributed by atoms with van der Waals surface area (Å²) >= 11 is 0. The van der Waals surface area contributed by atoms with Gasteiger partial charge in [0, 0.05) is 32.2 Å². The van der Waals surface area contributed by atoms with Crippen molar-refractivity contribution in [3.8, 4) is 0 Å². The Hall–Kier alpha value is -2.15. The van der Waals surface area contributed by atoms with Gasteiger partial charge in [-0.25, -0.2) is 4.39 Å². The van der Waals surface area contributed by atoms with E-state index in [9.17, 15) is 14.0 Å². The van der Waals surface area contributed by atoms with Crippen LogP contribution in [0, 0.1) is 5.82 Å². The van der Waals surface area contributed by atoms with Gasteiger partial charge in [-0.15, -0.1) is 0 Å². The van der Waals surface area contributed by atoms with Crippen LogP contribution in [-0.4, -0.2) is 62.1 Å². The fourth-order valence-corrected chi connectivity index (χ4v) is 3.74. The molecule has 0 bridgehead atoms. The quantitative estimate of drug-likeness (QED) is 0.823. The summed E-state index contributed by atoms with van der Waals surface area (Å²) in [5, 5.41) is 2.97. The second-order valence-electron chi connectivity index (χ2n) is 7.21. The van der Waals surface area contributed by atoms with Crippen molar-refractivity contribution in [3.63, 3.8) is 0 Å². The molecule has 1 aromatic carbocycles. The highest BCUT2D eigenvalue weighted by atomic mass is 19.1. The van der Waals surface area contributed by atoms with E-state index < -0.39 is 0 Å². The number of piperazine rings is 1. The van der Waals surface area contributed by atoms with Crippen LogP contribution in [0.3, 0.4) is 0 Å². The number of amides is 2. The van der Waals surface area contributed by atoms with E-state index in [0.717, 1.165) is 25.7 Å². The Morgan fingerprint density at radius 1 is 1.04 bits per heavy atom. The van der Waals surface area contributed by atoms with Gasteiger partial charge in [0.05, 0.1) is 5.69 Å². The largest absolute Gasteiger partial charge is 0.366 e. The minimum Gasteiger partial charge on any atom is -0.366 e. The first-order valence-electron chi connectivity index (χ1n) is 9.78. The zero-order chi connectivity index (χ0) is 19.1. The first-order chi connectivity index (χ1) is 13.1. The van der Waals surface area contributed by atoms with Crippen LogP contribution in [0.2, 0.25) is 0 Å². The molecule has 1 N–H and O–H groups in total. The molecular formula is C20H28FN3O3. The summed E-state index contributed by atoms with van der Waals surface area (Å²) in [6.45, 7) is 2.01. The lowest BCUT2D eigenvalue weighted by Crippen LogP contribution is -2.50. The van der Waals surface area contributed by atoms with Crippen molar-refractivity contribution in [2.45, 2.75) is 38.1 Å². The lowest BCUT2D eigenvalue weighted by molar-refractivity contribution is -0.138. The Labute approximate surface area is 159 Å². The van der Waals surface area contributed by atoms with Gasteiger partial charge in [0.2, 0.25) is 11.8 Å². The van der Waals surface area contributed by atoms with Gasteiger partial charge in [0.15, 0.2) is 0 Å². The Kier molecular flexibility index (Phi) is 7.04. The number of rotatable bonds is 6. The molecule has 0 radical (unpaired) electrons. The minimum atomic E-state index is -0.246. The van der Waals surface area contributed by atoms with Gasteiger partial charge in [-0.1, -0.05) is 31.4 Å². The summed E-state index contributed by atoms with van der Waals surface area (Å²) in [7, 11) is 0. The first-order valence-corrected chi connectivity index (χ1v) is 9.78. The number of carbonyl (C=O) groups is 2. The van der Waals surface area contributed by atoms with E-state index in [2.05, 4.69) is 5.32 Å². The molecule has 1 saturated heterocycles. The maximum atomic E-state index is 13.9. The van der Waals surface area contributed by atoms with E-state index >= 15 is 0 Å². The second-order valence-corrected chi connectivity index (χ2v) is 7.21. The van der Waals surface area contributed by atoms with Crippen LogP contribution >= 0.6 is 0 Å². The predicted octanol–water partition coefficient (Wildman–Crippen LogP) is 1.94. The van der Waals surface area contributed by atoms with E-state index in [-0.39, 0.29) is 36.9 Å². The number of anilines is 1. The standard InChI is InChI=1S/C20H28FN3O3/c21-17-8-4-5-9-18(17)23-10-12-24(13-11-23)20(26)15-27-14-19(25)22-16-6-2-1-3-7-16/h4-5,8-9,16H,1-3,6-7,10-15H2,(H,22,25). The average molecular weight is 377 g/mol. The van der Waals surface area contributed by atoms with E-state index in [1.807, 2.05) is 11.0 Å². The van der Waals surface area contributed by atoms with Gasteiger partial charge in [0.1, 0.15) is 19.0 Å². The molecule has 0 spiro atoms. The molecule has 27 heavy (non-hydrogen) atoms. The van der Waals surface area contributed by atoms with Crippen LogP contribution in [-0.2, 0) is 14.3 Å². The predicted molar refractivity (Wildman–Crippen MR) is 101 cm³/mol. The zero-order valence-electron chi connectivity index (χ0n) is 15.7. The highest BCUT2D eigenvalue weighted by molar-refractivity contribution is 5.80. The Morgan fingerprint density at radius 2 is 1.74 bits per heavy atom. The number of nitrogens with one attached hydrogen (secondary N) is 1. The molecule has 7 heteroatoms. The van der Waals surface area contributed by atoms with Crippen molar-refractivity contribution < 1.29 is 18.7 Å². The number of hydrogen-bond acceptors (Lipinski definition) is 4. The Morgan fingerprint density at radius 3 is 2.44 bits per heavy atom. The summed E-state index contributed by atoms with van der Waals surface area (Å²) in [5.74, 6) is -0.530. The minimum absolute atomic E-state index is 0.0859. The van der Waals surface area contributed by atoms with Crippen LogP contribution in [0.15, 0.2) is 24.3 Å². The third-order valence-electron chi connectivity index (χ3n) is 5.25. The molecule has 0 atom stereocenters. The van der Waals surface area contributed by atoms with Crippen molar-refractivity contribution >= 4 is 17.5 Å². The highest BCUT2D eigenvalue weighted by Gasteiger charge is 2.23. The highest BCUT2D eigenvalue weighted by Crippen LogP contribution is 2.20. The van der Waals surface area contributed by atoms with Crippen LogP contribution in [0.1, 0.15) is 32.1 Å².